The Hall–Kier alpha value is -0.0400. The lowest BCUT2D eigenvalue weighted by atomic mass is 9.95. The van der Waals surface area contributed by atoms with Gasteiger partial charge in [-0.1, -0.05) is 26.7 Å². The van der Waals surface area contributed by atoms with E-state index in [0.717, 1.165) is 5.92 Å². The van der Waals surface area contributed by atoms with Crippen molar-refractivity contribution in [1.82, 2.24) is 4.90 Å². The number of piperidine rings is 1. The minimum absolute atomic E-state index is 0.996. The number of likely N-dealkylation sites (tertiary alicyclic amines) is 1. The maximum Gasteiger partial charge on any atom is 0.000956 e. The van der Waals surface area contributed by atoms with Crippen LogP contribution in [0.2, 0.25) is 0 Å². The van der Waals surface area contributed by atoms with Crippen LogP contribution in [0.3, 0.4) is 0 Å². The largest absolute Gasteiger partial charge is 0.303 e. The van der Waals surface area contributed by atoms with Crippen molar-refractivity contribution in [3.8, 4) is 0 Å². The molecule has 0 aliphatic carbocycles. The third-order valence-electron chi connectivity index (χ3n) is 3.01. The van der Waals surface area contributed by atoms with Crippen molar-refractivity contribution < 1.29 is 0 Å². The van der Waals surface area contributed by atoms with E-state index in [-0.39, 0.29) is 0 Å². The Kier molecular flexibility index (Phi) is 4.67. The first-order valence-electron chi connectivity index (χ1n) is 5.59. The fourth-order valence-corrected chi connectivity index (χ4v) is 2.07. The van der Waals surface area contributed by atoms with E-state index in [4.69, 9.17) is 0 Å². The molecule has 0 radical (unpaired) electrons. The Morgan fingerprint density at radius 2 is 2.17 bits per heavy atom. The molecule has 72 valence electrons. The average molecular weight is 169 g/mol. The number of hydrogen-bond donors (Lipinski definition) is 0. The monoisotopic (exact) mass is 169 g/mol. The van der Waals surface area contributed by atoms with Crippen LogP contribution in [0.4, 0.5) is 0 Å². The average Bonchev–Trinajstić information content (AvgIpc) is 2.15. The number of rotatable bonds is 4. The molecular formula is C11H23N. The van der Waals surface area contributed by atoms with E-state index in [2.05, 4.69) is 18.7 Å². The number of hydrogen-bond acceptors (Lipinski definition) is 1. The summed E-state index contributed by atoms with van der Waals surface area (Å²) in [6.07, 6.45) is 7.01. The number of unbranched alkanes of at least 4 members (excludes halogenated alkanes) is 1. The summed E-state index contributed by atoms with van der Waals surface area (Å²) in [5, 5.41) is 0. The molecule has 1 rings (SSSR count). The first kappa shape index (κ1) is 10.0. The Bertz CT molecular complexity index is 112. The van der Waals surface area contributed by atoms with Gasteiger partial charge in [0, 0.05) is 6.54 Å². The van der Waals surface area contributed by atoms with Crippen LogP contribution >= 0.6 is 0 Å². The van der Waals surface area contributed by atoms with E-state index >= 15 is 0 Å². The summed E-state index contributed by atoms with van der Waals surface area (Å²) in [7, 11) is 0. The van der Waals surface area contributed by atoms with E-state index < -0.39 is 0 Å². The van der Waals surface area contributed by atoms with Gasteiger partial charge < -0.3 is 4.90 Å². The van der Waals surface area contributed by atoms with Crippen molar-refractivity contribution in [3.63, 3.8) is 0 Å². The molecule has 0 amide bonds. The molecule has 0 spiro atoms. The minimum atomic E-state index is 0.996. The van der Waals surface area contributed by atoms with Gasteiger partial charge in [0.2, 0.25) is 0 Å². The van der Waals surface area contributed by atoms with E-state index in [1.165, 1.54) is 51.7 Å². The first-order chi connectivity index (χ1) is 5.86. The molecular weight excluding hydrogens is 146 g/mol. The van der Waals surface area contributed by atoms with Gasteiger partial charge in [0.25, 0.3) is 0 Å². The maximum atomic E-state index is 2.65. The third kappa shape index (κ3) is 3.14. The van der Waals surface area contributed by atoms with Crippen LogP contribution < -0.4 is 0 Å². The smallest absolute Gasteiger partial charge is 0.000956 e. The second kappa shape index (κ2) is 5.58. The topological polar surface area (TPSA) is 3.24 Å². The molecule has 1 heteroatoms. The highest BCUT2D eigenvalue weighted by atomic mass is 15.1. The molecule has 1 aliphatic rings. The fraction of sp³-hybridized carbons (Fsp3) is 1.00. The van der Waals surface area contributed by atoms with Crippen molar-refractivity contribution in [3.05, 3.63) is 0 Å². The van der Waals surface area contributed by atoms with Crippen LogP contribution in [-0.4, -0.2) is 24.5 Å². The second-order valence-corrected chi connectivity index (χ2v) is 4.07. The highest BCUT2D eigenvalue weighted by Crippen LogP contribution is 2.19. The normalized spacial score (nSPS) is 26.0. The molecule has 1 aliphatic heterocycles. The summed E-state index contributed by atoms with van der Waals surface area (Å²) in [6.45, 7) is 8.68. The van der Waals surface area contributed by atoms with Crippen molar-refractivity contribution in [1.29, 1.82) is 0 Å². The Morgan fingerprint density at radius 1 is 1.33 bits per heavy atom. The Morgan fingerprint density at radius 3 is 2.83 bits per heavy atom. The van der Waals surface area contributed by atoms with E-state index in [0.29, 0.717) is 0 Å². The van der Waals surface area contributed by atoms with E-state index in [9.17, 15) is 0 Å². The van der Waals surface area contributed by atoms with Gasteiger partial charge >= 0.3 is 0 Å². The van der Waals surface area contributed by atoms with Crippen LogP contribution in [0.5, 0.6) is 0 Å². The zero-order valence-electron chi connectivity index (χ0n) is 8.68. The van der Waals surface area contributed by atoms with Gasteiger partial charge in [-0.2, -0.15) is 0 Å². The van der Waals surface area contributed by atoms with Gasteiger partial charge in [0.1, 0.15) is 0 Å². The summed E-state index contributed by atoms with van der Waals surface area (Å²) in [5.41, 5.74) is 0. The van der Waals surface area contributed by atoms with Crippen LogP contribution in [0.15, 0.2) is 0 Å². The Labute approximate surface area is 77.1 Å². The maximum absolute atomic E-state index is 2.65. The van der Waals surface area contributed by atoms with Crippen LogP contribution in [0.25, 0.3) is 0 Å². The molecule has 1 fully saturated rings. The molecule has 0 bridgehead atoms. The van der Waals surface area contributed by atoms with E-state index in [1.807, 2.05) is 0 Å². The van der Waals surface area contributed by atoms with Crippen molar-refractivity contribution in [2.45, 2.75) is 46.0 Å². The Balaban J connectivity index is 2.16. The molecule has 0 aromatic carbocycles. The molecule has 1 unspecified atom stereocenters. The summed E-state index contributed by atoms with van der Waals surface area (Å²) < 4.78 is 0. The lowest BCUT2D eigenvalue weighted by Gasteiger charge is -2.32. The summed E-state index contributed by atoms with van der Waals surface area (Å²) in [6, 6.07) is 0. The quantitative estimate of drug-likeness (QED) is 0.625. The molecule has 0 aromatic rings. The molecule has 1 atom stereocenters. The fourth-order valence-electron chi connectivity index (χ4n) is 2.07. The van der Waals surface area contributed by atoms with Crippen LogP contribution in [-0.2, 0) is 0 Å². The van der Waals surface area contributed by atoms with Gasteiger partial charge in [-0.15, -0.1) is 0 Å². The van der Waals surface area contributed by atoms with Gasteiger partial charge in [0.15, 0.2) is 0 Å². The van der Waals surface area contributed by atoms with Crippen molar-refractivity contribution in [2.24, 2.45) is 5.92 Å². The van der Waals surface area contributed by atoms with Gasteiger partial charge in [0.05, 0.1) is 0 Å². The van der Waals surface area contributed by atoms with Crippen molar-refractivity contribution in [2.75, 3.05) is 19.6 Å². The lowest BCUT2D eigenvalue weighted by molar-refractivity contribution is 0.170. The molecule has 0 aromatic heterocycles. The van der Waals surface area contributed by atoms with Crippen LogP contribution in [0.1, 0.15) is 46.0 Å². The molecule has 0 saturated carbocycles. The highest BCUT2D eigenvalue weighted by molar-refractivity contribution is 4.71. The highest BCUT2D eigenvalue weighted by Gasteiger charge is 2.17. The summed E-state index contributed by atoms with van der Waals surface area (Å²) in [5.74, 6) is 0.996. The zero-order chi connectivity index (χ0) is 8.81. The van der Waals surface area contributed by atoms with Crippen LogP contribution in [0, 0.1) is 5.92 Å². The van der Waals surface area contributed by atoms with Gasteiger partial charge in [-0.25, -0.2) is 0 Å². The molecule has 1 nitrogen and oxygen atoms in total. The molecule has 0 N–H and O–H groups in total. The lowest BCUT2D eigenvalue weighted by Crippen LogP contribution is -2.35. The van der Waals surface area contributed by atoms with Crippen molar-refractivity contribution >= 4 is 0 Å². The first-order valence-corrected chi connectivity index (χ1v) is 5.59. The van der Waals surface area contributed by atoms with Gasteiger partial charge in [-0.3, -0.25) is 0 Å². The van der Waals surface area contributed by atoms with E-state index in [1.54, 1.807) is 0 Å². The second-order valence-electron chi connectivity index (χ2n) is 4.07. The predicted molar refractivity (Wildman–Crippen MR) is 54.4 cm³/mol. The zero-order valence-corrected chi connectivity index (χ0v) is 8.68. The molecule has 1 saturated heterocycles. The summed E-state index contributed by atoms with van der Waals surface area (Å²) >= 11 is 0. The minimum Gasteiger partial charge on any atom is -0.303 e. The number of nitrogens with zero attached hydrogens (tertiary/aromatic N) is 1. The van der Waals surface area contributed by atoms with Gasteiger partial charge in [-0.05, 0) is 38.3 Å². The summed E-state index contributed by atoms with van der Waals surface area (Å²) in [4.78, 5) is 2.65. The predicted octanol–water partition coefficient (Wildman–Crippen LogP) is 2.91. The molecule has 1 heterocycles. The standard InChI is InChI=1S/C11H23N/c1-3-5-8-12-9-6-7-11(4-2)10-12/h11H,3-10H2,1-2H3. The molecule has 12 heavy (non-hydrogen) atoms. The third-order valence-corrected chi connectivity index (χ3v) is 3.01. The SMILES string of the molecule is CCCCN1CCCC(CC)C1.